The number of aromatic amines is 1. The summed E-state index contributed by atoms with van der Waals surface area (Å²) in [7, 11) is -3.48. The molecular formula is C21H20F4N4O3S. The number of alkyl halides is 3. The van der Waals surface area contributed by atoms with Gasteiger partial charge in [0.05, 0.1) is 5.25 Å². The Bertz CT molecular complexity index is 1400. The van der Waals surface area contributed by atoms with Crippen LogP contribution in [0.3, 0.4) is 0 Å². The molecule has 0 atom stereocenters. The molecule has 2 saturated carbocycles. The maximum Gasteiger partial charge on any atom is 0.432 e. The van der Waals surface area contributed by atoms with Gasteiger partial charge in [-0.3, -0.25) is 4.79 Å². The molecule has 0 radical (unpaired) electrons. The fourth-order valence-electron chi connectivity index (χ4n) is 4.05. The van der Waals surface area contributed by atoms with Gasteiger partial charge in [-0.15, -0.1) is 0 Å². The second-order valence-electron chi connectivity index (χ2n) is 8.51. The Morgan fingerprint density at radius 2 is 1.91 bits per heavy atom. The molecule has 0 aliphatic heterocycles. The third-order valence-corrected chi connectivity index (χ3v) is 8.09. The highest BCUT2D eigenvalue weighted by Gasteiger charge is 2.37. The average Bonchev–Trinajstić information content (AvgIpc) is 3.50. The molecule has 2 N–H and O–H groups in total. The summed E-state index contributed by atoms with van der Waals surface area (Å²) in [5.41, 5.74) is -2.67. The van der Waals surface area contributed by atoms with Crippen molar-refractivity contribution >= 4 is 21.1 Å². The summed E-state index contributed by atoms with van der Waals surface area (Å²) in [6, 6.07) is 2.92. The van der Waals surface area contributed by atoms with Crippen LogP contribution in [-0.4, -0.2) is 28.2 Å². The predicted molar refractivity (Wildman–Crippen MR) is 112 cm³/mol. The lowest BCUT2D eigenvalue weighted by atomic mass is 9.93. The van der Waals surface area contributed by atoms with Crippen LogP contribution in [0.25, 0.3) is 22.3 Å². The molecule has 5 rings (SSSR count). The fourth-order valence-corrected chi connectivity index (χ4v) is 5.40. The zero-order valence-corrected chi connectivity index (χ0v) is 18.1. The number of nitrogens with one attached hydrogen (secondary N) is 2. The highest BCUT2D eigenvalue weighted by atomic mass is 32.2. The summed E-state index contributed by atoms with van der Waals surface area (Å²) in [6.07, 6.45) is 0.605. The van der Waals surface area contributed by atoms with Gasteiger partial charge in [0.15, 0.2) is 0 Å². The van der Waals surface area contributed by atoms with Crippen LogP contribution >= 0.6 is 0 Å². The van der Waals surface area contributed by atoms with Gasteiger partial charge in [0.2, 0.25) is 15.6 Å². The summed E-state index contributed by atoms with van der Waals surface area (Å²) in [5.74, 6) is -1.00. The minimum absolute atomic E-state index is 0.0461. The molecule has 33 heavy (non-hydrogen) atoms. The minimum Gasteiger partial charge on any atom is -0.329 e. The van der Waals surface area contributed by atoms with Gasteiger partial charge in [0.25, 0.3) is 0 Å². The number of hydrogen-bond donors (Lipinski definition) is 2. The standard InChI is InChI=1S/C21H20F4N4O3S/c22-16-8-15-11(9-26-33(31,32)13-4-5-13)10-29(12-2-1-3-12)20(15)28-18(16)14-6-7-17(30)27-19(14)21(23,24)25/h6-8,10,12-13,26H,1-5,9H2,(H,27,30). The molecule has 7 nitrogen and oxygen atoms in total. The predicted octanol–water partition coefficient (Wildman–Crippen LogP) is 3.86. The van der Waals surface area contributed by atoms with E-state index in [0.717, 1.165) is 37.5 Å². The highest BCUT2D eigenvalue weighted by Crippen LogP contribution is 2.39. The number of halogens is 4. The number of pyridine rings is 2. The largest absolute Gasteiger partial charge is 0.432 e. The SMILES string of the molecule is O=c1ccc(-c2nc3c(cc2F)c(CNS(=O)(=O)C2CC2)cn3C2CCC2)c(C(F)(F)F)[nH]1. The van der Waals surface area contributed by atoms with Crippen molar-refractivity contribution in [2.45, 2.75) is 56.1 Å². The van der Waals surface area contributed by atoms with E-state index in [0.29, 0.717) is 23.8 Å². The number of fused-ring (bicyclic) bond motifs is 1. The molecule has 3 aromatic rings. The van der Waals surface area contributed by atoms with Crippen molar-refractivity contribution in [1.29, 1.82) is 0 Å². The van der Waals surface area contributed by atoms with Gasteiger partial charge in [-0.1, -0.05) is 0 Å². The number of aromatic nitrogens is 3. The monoisotopic (exact) mass is 484 g/mol. The van der Waals surface area contributed by atoms with Gasteiger partial charge in [-0.05, 0) is 49.8 Å². The summed E-state index contributed by atoms with van der Waals surface area (Å²) >= 11 is 0. The smallest absolute Gasteiger partial charge is 0.329 e. The average molecular weight is 484 g/mol. The third-order valence-electron chi connectivity index (χ3n) is 6.19. The molecule has 0 amide bonds. The molecule has 0 spiro atoms. The topological polar surface area (TPSA) is 96.8 Å². The van der Waals surface area contributed by atoms with Crippen molar-refractivity contribution in [3.8, 4) is 11.3 Å². The third kappa shape index (κ3) is 4.05. The fraction of sp³-hybridized carbons (Fsp3) is 0.429. The van der Waals surface area contributed by atoms with Crippen LogP contribution in [0.5, 0.6) is 0 Å². The summed E-state index contributed by atoms with van der Waals surface area (Å²) in [5, 5.41) is -0.0837. The van der Waals surface area contributed by atoms with Crippen LogP contribution in [0, 0.1) is 5.82 Å². The molecule has 0 aromatic carbocycles. The zero-order valence-electron chi connectivity index (χ0n) is 17.2. The molecule has 2 aliphatic rings. The molecule has 12 heteroatoms. The van der Waals surface area contributed by atoms with Crippen molar-refractivity contribution in [3.05, 3.63) is 51.8 Å². The number of rotatable bonds is 6. The van der Waals surface area contributed by atoms with Crippen molar-refractivity contribution in [1.82, 2.24) is 19.3 Å². The Morgan fingerprint density at radius 1 is 1.18 bits per heavy atom. The molecular weight excluding hydrogens is 464 g/mol. The molecule has 2 aliphatic carbocycles. The number of hydrogen-bond acceptors (Lipinski definition) is 4. The van der Waals surface area contributed by atoms with E-state index in [1.807, 2.05) is 0 Å². The van der Waals surface area contributed by atoms with Gasteiger partial charge in [-0.2, -0.15) is 13.2 Å². The lowest BCUT2D eigenvalue weighted by Gasteiger charge is -2.27. The maximum absolute atomic E-state index is 15.1. The summed E-state index contributed by atoms with van der Waals surface area (Å²) < 4.78 is 84.5. The molecule has 0 unspecified atom stereocenters. The number of nitrogens with zero attached hydrogens (tertiary/aromatic N) is 2. The second-order valence-corrected chi connectivity index (χ2v) is 10.6. The Hall–Kier alpha value is -2.73. The number of H-pyrrole nitrogens is 1. The van der Waals surface area contributed by atoms with Gasteiger partial charge < -0.3 is 9.55 Å². The molecule has 3 heterocycles. The van der Waals surface area contributed by atoms with E-state index < -0.39 is 49.8 Å². The van der Waals surface area contributed by atoms with Crippen LogP contribution in [0.1, 0.15) is 49.4 Å². The van der Waals surface area contributed by atoms with E-state index >= 15 is 4.39 Å². The molecule has 3 aromatic heterocycles. The van der Waals surface area contributed by atoms with Gasteiger partial charge in [0.1, 0.15) is 22.9 Å². The lowest BCUT2D eigenvalue weighted by molar-refractivity contribution is -0.140. The number of sulfonamides is 1. The summed E-state index contributed by atoms with van der Waals surface area (Å²) in [4.78, 5) is 17.5. The Kier molecular flexibility index (Phi) is 5.12. The lowest BCUT2D eigenvalue weighted by Crippen LogP contribution is -2.26. The van der Waals surface area contributed by atoms with Crippen molar-refractivity contribution in [2.24, 2.45) is 0 Å². The van der Waals surface area contributed by atoms with Crippen LogP contribution in [0.4, 0.5) is 17.6 Å². The Morgan fingerprint density at radius 3 is 2.52 bits per heavy atom. The van der Waals surface area contributed by atoms with Crippen LogP contribution in [0.2, 0.25) is 0 Å². The quantitative estimate of drug-likeness (QED) is 0.520. The van der Waals surface area contributed by atoms with Crippen molar-refractivity contribution < 1.29 is 26.0 Å². The van der Waals surface area contributed by atoms with Crippen LogP contribution in [-0.2, 0) is 22.7 Å². The van der Waals surface area contributed by atoms with Crippen molar-refractivity contribution in [3.63, 3.8) is 0 Å². The van der Waals surface area contributed by atoms with E-state index in [9.17, 15) is 26.4 Å². The first-order valence-electron chi connectivity index (χ1n) is 10.5. The van der Waals surface area contributed by atoms with E-state index in [-0.39, 0.29) is 18.2 Å². The van der Waals surface area contributed by atoms with E-state index in [1.165, 1.54) is 0 Å². The Labute approximate surface area is 185 Å². The molecule has 0 saturated heterocycles. The Balaban J connectivity index is 1.63. The van der Waals surface area contributed by atoms with E-state index in [1.54, 1.807) is 15.7 Å². The highest BCUT2D eigenvalue weighted by molar-refractivity contribution is 7.90. The molecule has 2 fully saturated rings. The van der Waals surface area contributed by atoms with Gasteiger partial charge >= 0.3 is 6.18 Å². The zero-order chi connectivity index (χ0) is 23.5. The van der Waals surface area contributed by atoms with E-state index in [4.69, 9.17) is 0 Å². The van der Waals surface area contributed by atoms with Crippen molar-refractivity contribution in [2.75, 3.05) is 0 Å². The van der Waals surface area contributed by atoms with Crippen LogP contribution in [0.15, 0.2) is 29.2 Å². The van der Waals surface area contributed by atoms with Crippen LogP contribution < -0.4 is 10.3 Å². The first kappa shape index (κ1) is 22.1. The van der Waals surface area contributed by atoms with Gasteiger partial charge in [0, 0.05) is 35.8 Å². The van der Waals surface area contributed by atoms with Gasteiger partial charge in [-0.25, -0.2) is 22.5 Å². The maximum atomic E-state index is 15.1. The van der Waals surface area contributed by atoms with E-state index in [2.05, 4.69) is 9.71 Å². The molecule has 176 valence electrons. The minimum atomic E-state index is -4.92. The first-order chi connectivity index (χ1) is 15.5. The normalized spacial score (nSPS) is 17.5. The first-order valence-corrected chi connectivity index (χ1v) is 12.1. The molecule has 0 bridgehead atoms. The summed E-state index contributed by atoms with van der Waals surface area (Å²) in [6.45, 7) is -0.0675. The second kappa shape index (κ2) is 7.66.